The van der Waals surface area contributed by atoms with Crippen molar-refractivity contribution in [2.24, 2.45) is 10.7 Å². The normalized spacial score (nSPS) is 18.6. The monoisotopic (exact) mass is 403 g/mol. The van der Waals surface area contributed by atoms with Crippen LogP contribution in [0.2, 0.25) is 5.02 Å². The van der Waals surface area contributed by atoms with Gasteiger partial charge in [0, 0.05) is 11.4 Å². The third kappa shape index (κ3) is 4.81. The number of nitrogens with two attached hydrogens (primary N) is 1. The van der Waals surface area contributed by atoms with Gasteiger partial charge in [-0.1, -0.05) is 41.6 Å². The highest BCUT2D eigenvalue weighted by atomic mass is 35.5. The molecule has 0 saturated carbocycles. The molecule has 140 valence electrons. The smallest absolute Gasteiger partial charge is 0.231 e. The SMILES string of the molecule is COc1ccc(CN2C(=O)CC(C(N)=O)SC2=Nc2cccc(Cl)c2)cc1. The number of nitrogens with zero attached hydrogens (tertiary/aromatic N) is 2. The van der Waals surface area contributed by atoms with E-state index in [-0.39, 0.29) is 12.3 Å². The summed E-state index contributed by atoms with van der Waals surface area (Å²) >= 11 is 7.21. The minimum absolute atomic E-state index is 0.0463. The Hall–Kier alpha value is -2.51. The van der Waals surface area contributed by atoms with Gasteiger partial charge in [0.25, 0.3) is 0 Å². The number of hydrogen-bond donors (Lipinski definition) is 1. The van der Waals surface area contributed by atoms with Crippen LogP contribution < -0.4 is 10.5 Å². The number of ether oxygens (including phenoxy) is 1. The minimum atomic E-state index is -0.637. The largest absolute Gasteiger partial charge is 0.497 e. The van der Waals surface area contributed by atoms with E-state index in [0.717, 1.165) is 11.3 Å². The number of amidine groups is 1. The Morgan fingerprint density at radius 1 is 1.33 bits per heavy atom. The molecular weight excluding hydrogens is 386 g/mol. The van der Waals surface area contributed by atoms with Gasteiger partial charge in [-0.15, -0.1) is 0 Å². The van der Waals surface area contributed by atoms with Crippen LogP contribution in [0, 0.1) is 0 Å². The molecule has 0 bridgehead atoms. The maximum absolute atomic E-state index is 12.7. The summed E-state index contributed by atoms with van der Waals surface area (Å²) in [4.78, 5) is 30.4. The van der Waals surface area contributed by atoms with Crippen LogP contribution in [0.3, 0.4) is 0 Å². The Labute approximate surface area is 166 Å². The number of aliphatic imine (C=N–C) groups is 1. The molecule has 6 nitrogen and oxygen atoms in total. The zero-order chi connectivity index (χ0) is 19.4. The summed E-state index contributed by atoms with van der Waals surface area (Å²) in [6, 6.07) is 14.4. The fraction of sp³-hybridized carbons (Fsp3) is 0.211. The lowest BCUT2D eigenvalue weighted by molar-refractivity contribution is -0.130. The van der Waals surface area contributed by atoms with Crippen molar-refractivity contribution < 1.29 is 14.3 Å². The number of rotatable bonds is 5. The molecule has 1 aliphatic rings. The van der Waals surface area contributed by atoms with Crippen LogP contribution in [-0.2, 0) is 16.1 Å². The van der Waals surface area contributed by atoms with Gasteiger partial charge in [0.05, 0.1) is 24.6 Å². The van der Waals surface area contributed by atoms with Gasteiger partial charge in [0.15, 0.2) is 5.17 Å². The first-order chi connectivity index (χ1) is 13.0. The molecule has 0 aromatic heterocycles. The lowest BCUT2D eigenvalue weighted by Crippen LogP contribution is -2.45. The molecule has 1 saturated heterocycles. The first kappa shape index (κ1) is 19.3. The van der Waals surface area contributed by atoms with E-state index >= 15 is 0 Å². The van der Waals surface area contributed by atoms with Gasteiger partial charge in [0.1, 0.15) is 5.75 Å². The van der Waals surface area contributed by atoms with Crippen LogP contribution in [0.15, 0.2) is 53.5 Å². The van der Waals surface area contributed by atoms with E-state index in [1.807, 2.05) is 24.3 Å². The maximum atomic E-state index is 12.7. The van der Waals surface area contributed by atoms with Crippen molar-refractivity contribution in [1.82, 2.24) is 4.90 Å². The van der Waals surface area contributed by atoms with E-state index in [1.165, 1.54) is 11.8 Å². The Kier molecular flexibility index (Phi) is 6.03. The van der Waals surface area contributed by atoms with Gasteiger partial charge in [0.2, 0.25) is 11.8 Å². The predicted molar refractivity (Wildman–Crippen MR) is 107 cm³/mol. The number of thioether (sulfide) groups is 1. The number of primary amides is 1. The van der Waals surface area contributed by atoms with Crippen LogP contribution in [0.5, 0.6) is 5.75 Å². The summed E-state index contributed by atoms with van der Waals surface area (Å²) in [7, 11) is 1.60. The molecule has 1 atom stereocenters. The van der Waals surface area contributed by atoms with Gasteiger partial charge in [-0.05, 0) is 35.9 Å². The standard InChI is InChI=1S/C19H18ClN3O3S/c1-26-15-7-5-12(6-8-15)11-23-17(24)10-16(18(21)25)27-19(23)22-14-4-2-3-13(20)9-14/h2-9,16H,10-11H2,1H3,(H2,21,25). The number of hydrogen-bond acceptors (Lipinski definition) is 5. The Bertz CT molecular complexity index is 886. The van der Waals surface area contributed by atoms with Gasteiger partial charge in [-0.25, -0.2) is 4.99 Å². The van der Waals surface area contributed by atoms with Crippen molar-refractivity contribution in [1.29, 1.82) is 0 Å². The highest BCUT2D eigenvalue weighted by molar-refractivity contribution is 8.15. The van der Waals surface area contributed by atoms with Gasteiger partial charge < -0.3 is 10.5 Å². The number of amides is 2. The molecule has 2 aromatic carbocycles. The zero-order valence-electron chi connectivity index (χ0n) is 14.6. The third-order valence-electron chi connectivity index (χ3n) is 3.99. The average Bonchev–Trinajstić information content (AvgIpc) is 2.64. The van der Waals surface area contributed by atoms with Gasteiger partial charge in [-0.3, -0.25) is 14.5 Å². The van der Waals surface area contributed by atoms with Crippen molar-refractivity contribution in [2.45, 2.75) is 18.2 Å². The fourth-order valence-electron chi connectivity index (χ4n) is 2.58. The van der Waals surface area contributed by atoms with Crippen LogP contribution in [0.25, 0.3) is 0 Å². The second-order valence-corrected chi connectivity index (χ2v) is 7.52. The average molecular weight is 404 g/mol. The van der Waals surface area contributed by atoms with Crippen molar-refractivity contribution >= 4 is 46.0 Å². The third-order valence-corrected chi connectivity index (χ3v) is 5.43. The van der Waals surface area contributed by atoms with Crippen LogP contribution in [0.1, 0.15) is 12.0 Å². The quantitative estimate of drug-likeness (QED) is 0.829. The molecule has 3 rings (SSSR count). The first-order valence-corrected chi connectivity index (χ1v) is 9.45. The zero-order valence-corrected chi connectivity index (χ0v) is 16.2. The van der Waals surface area contributed by atoms with E-state index in [0.29, 0.717) is 22.4 Å². The van der Waals surface area contributed by atoms with Crippen molar-refractivity contribution in [3.63, 3.8) is 0 Å². The molecule has 1 unspecified atom stereocenters. The second-order valence-electron chi connectivity index (χ2n) is 5.92. The lowest BCUT2D eigenvalue weighted by Gasteiger charge is -2.31. The molecule has 1 heterocycles. The minimum Gasteiger partial charge on any atom is -0.497 e. The van der Waals surface area contributed by atoms with Crippen LogP contribution in [-0.4, -0.2) is 34.2 Å². The molecule has 2 aromatic rings. The highest BCUT2D eigenvalue weighted by Gasteiger charge is 2.34. The number of carbonyl (C=O) groups excluding carboxylic acids is 2. The number of halogens is 1. The molecule has 0 radical (unpaired) electrons. The van der Waals surface area contributed by atoms with Gasteiger partial charge in [-0.2, -0.15) is 0 Å². The lowest BCUT2D eigenvalue weighted by atomic mass is 10.2. The summed E-state index contributed by atoms with van der Waals surface area (Å²) in [5, 5.41) is 0.327. The number of carbonyl (C=O) groups is 2. The molecule has 2 amide bonds. The summed E-state index contributed by atoms with van der Waals surface area (Å²) in [6.45, 7) is 0.334. The fourth-order valence-corrected chi connectivity index (χ4v) is 3.81. The maximum Gasteiger partial charge on any atom is 0.231 e. The molecule has 0 spiro atoms. The van der Waals surface area contributed by atoms with E-state index in [9.17, 15) is 9.59 Å². The van der Waals surface area contributed by atoms with E-state index in [2.05, 4.69) is 4.99 Å². The summed E-state index contributed by atoms with van der Waals surface area (Å²) in [5.74, 6) is 0.00472. The Morgan fingerprint density at radius 3 is 2.70 bits per heavy atom. The molecule has 27 heavy (non-hydrogen) atoms. The topological polar surface area (TPSA) is 85.0 Å². The molecule has 0 aliphatic carbocycles. The van der Waals surface area contributed by atoms with Crippen LogP contribution in [0.4, 0.5) is 5.69 Å². The predicted octanol–water partition coefficient (Wildman–Crippen LogP) is 3.36. The molecule has 8 heteroatoms. The van der Waals surface area contributed by atoms with Gasteiger partial charge >= 0.3 is 0 Å². The van der Waals surface area contributed by atoms with E-state index in [1.54, 1.807) is 36.3 Å². The van der Waals surface area contributed by atoms with E-state index in [4.69, 9.17) is 22.1 Å². The molecule has 1 aliphatic heterocycles. The number of methoxy groups -OCH3 is 1. The van der Waals surface area contributed by atoms with Crippen LogP contribution >= 0.6 is 23.4 Å². The summed E-state index contributed by atoms with van der Waals surface area (Å²) in [5.41, 5.74) is 6.94. The Balaban J connectivity index is 1.92. The highest BCUT2D eigenvalue weighted by Crippen LogP contribution is 2.30. The molecule has 2 N–H and O–H groups in total. The molecular formula is C19H18ClN3O3S. The van der Waals surface area contributed by atoms with E-state index < -0.39 is 11.2 Å². The van der Waals surface area contributed by atoms with Crippen molar-refractivity contribution in [3.05, 3.63) is 59.1 Å². The molecule has 1 fully saturated rings. The van der Waals surface area contributed by atoms with Crippen molar-refractivity contribution in [3.8, 4) is 5.75 Å². The summed E-state index contributed by atoms with van der Waals surface area (Å²) in [6.07, 6.45) is 0.0463. The van der Waals surface area contributed by atoms with Crippen molar-refractivity contribution in [2.75, 3.05) is 7.11 Å². The summed E-state index contributed by atoms with van der Waals surface area (Å²) < 4.78 is 5.16. The Morgan fingerprint density at radius 2 is 2.07 bits per heavy atom. The second kappa shape index (κ2) is 8.45. The number of benzene rings is 2. The first-order valence-electron chi connectivity index (χ1n) is 8.20.